The average Bonchev–Trinajstić information content (AvgIpc) is 2.47. The number of nitrogens with one attached hydrogen (secondary N) is 1. The van der Waals surface area contributed by atoms with Crippen LogP contribution in [0.25, 0.3) is 0 Å². The van der Waals surface area contributed by atoms with Crippen molar-refractivity contribution in [2.24, 2.45) is 5.84 Å². The van der Waals surface area contributed by atoms with Gasteiger partial charge in [-0.3, -0.25) is 11.3 Å². The van der Waals surface area contributed by atoms with E-state index in [-0.39, 0.29) is 11.9 Å². The number of methoxy groups -OCH3 is 1. The molecule has 112 valence electrons. The van der Waals surface area contributed by atoms with Crippen molar-refractivity contribution < 1.29 is 9.13 Å². The van der Waals surface area contributed by atoms with E-state index < -0.39 is 0 Å². The van der Waals surface area contributed by atoms with Crippen LogP contribution in [0.3, 0.4) is 0 Å². The van der Waals surface area contributed by atoms with Gasteiger partial charge < -0.3 is 4.74 Å². The molecule has 2 aromatic carbocycles. The third-order valence-electron chi connectivity index (χ3n) is 3.38. The summed E-state index contributed by atoms with van der Waals surface area (Å²) in [5.41, 5.74) is 5.31. The minimum absolute atomic E-state index is 0.254. The van der Waals surface area contributed by atoms with E-state index in [1.165, 1.54) is 6.07 Å². The third kappa shape index (κ3) is 3.81. The smallest absolute Gasteiger partial charge is 0.133 e. The molecule has 0 saturated heterocycles. The molecule has 2 rings (SSSR count). The van der Waals surface area contributed by atoms with Crippen molar-refractivity contribution in [2.45, 2.75) is 19.4 Å². The van der Waals surface area contributed by atoms with Gasteiger partial charge in [0.1, 0.15) is 11.6 Å². The minimum Gasteiger partial charge on any atom is -0.496 e. The number of halogens is 2. The number of hydrogen-bond donors (Lipinski definition) is 2. The van der Waals surface area contributed by atoms with Gasteiger partial charge in [-0.1, -0.05) is 23.8 Å². The Morgan fingerprint density at radius 3 is 2.67 bits per heavy atom. The van der Waals surface area contributed by atoms with Crippen LogP contribution in [0.4, 0.5) is 4.39 Å². The lowest BCUT2D eigenvalue weighted by Gasteiger charge is -2.18. The van der Waals surface area contributed by atoms with E-state index in [0.717, 1.165) is 21.3 Å². The summed E-state index contributed by atoms with van der Waals surface area (Å²) in [4.78, 5) is 0. The molecule has 1 atom stereocenters. The van der Waals surface area contributed by atoms with Crippen LogP contribution >= 0.6 is 15.9 Å². The van der Waals surface area contributed by atoms with Crippen molar-refractivity contribution in [1.29, 1.82) is 0 Å². The fourth-order valence-corrected chi connectivity index (χ4v) is 2.85. The topological polar surface area (TPSA) is 47.3 Å². The molecule has 0 fully saturated rings. The molecule has 3 N–H and O–H groups in total. The van der Waals surface area contributed by atoms with Crippen LogP contribution in [0.2, 0.25) is 0 Å². The van der Waals surface area contributed by atoms with Gasteiger partial charge in [-0.15, -0.1) is 0 Å². The molecule has 0 radical (unpaired) electrons. The molecule has 0 aliphatic carbocycles. The molecule has 3 nitrogen and oxygen atoms in total. The predicted octanol–water partition coefficient (Wildman–Crippen LogP) is 3.65. The number of hydrazine groups is 1. The lowest BCUT2D eigenvalue weighted by atomic mass is 9.97. The van der Waals surface area contributed by atoms with Crippen molar-refractivity contribution in [1.82, 2.24) is 5.43 Å². The van der Waals surface area contributed by atoms with E-state index in [4.69, 9.17) is 10.6 Å². The van der Waals surface area contributed by atoms with Gasteiger partial charge in [0.2, 0.25) is 0 Å². The summed E-state index contributed by atoms with van der Waals surface area (Å²) >= 11 is 3.45. The normalized spacial score (nSPS) is 12.2. The van der Waals surface area contributed by atoms with E-state index in [9.17, 15) is 4.39 Å². The lowest BCUT2D eigenvalue weighted by molar-refractivity contribution is 0.411. The molecule has 0 aliphatic heterocycles. The fourth-order valence-electron chi connectivity index (χ4n) is 2.26. The van der Waals surface area contributed by atoms with Crippen LogP contribution in [-0.4, -0.2) is 7.11 Å². The van der Waals surface area contributed by atoms with Crippen molar-refractivity contribution in [2.75, 3.05) is 7.11 Å². The zero-order valence-electron chi connectivity index (χ0n) is 12.0. The quantitative estimate of drug-likeness (QED) is 0.637. The van der Waals surface area contributed by atoms with E-state index >= 15 is 0 Å². The predicted molar refractivity (Wildman–Crippen MR) is 85.6 cm³/mol. The van der Waals surface area contributed by atoms with E-state index in [2.05, 4.69) is 21.4 Å². The Labute approximate surface area is 132 Å². The summed E-state index contributed by atoms with van der Waals surface area (Å²) in [7, 11) is 1.62. The first-order valence-corrected chi connectivity index (χ1v) is 7.39. The Balaban J connectivity index is 2.26. The first-order chi connectivity index (χ1) is 10.0. The van der Waals surface area contributed by atoms with Crippen LogP contribution in [0, 0.1) is 12.7 Å². The fraction of sp³-hybridized carbons (Fsp3) is 0.250. The number of benzene rings is 2. The second-order valence-corrected chi connectivity index (χ2v) is 5.77. The first kappa shape index (κ1) is 15.9. The second-order valence-electron chi connectivity index (χ2n) is 4.92. The van der Waals surface area contributed by atoms with Gasteiger partial charge in [-0.25, -0.2) is 4.39 Å². The minimum atomic E-state index is -0.287. The van der Waals surface area contributed by atoms with Crippen LogP contribution in [0.15, 0.2) is 40.9 Å². The first-order valence-electron chi connectivity index (χ1n) is 6.59. The molecule has 21 heavy (non-hydrogen) atoms. The van der Waals surface area contributed by atoms with E-state index in [0.29, 0.717) is 12.0 Å². The summed E-state index contributed by atoms with van der Waals surface area (Å²) in [5, 5.41) is 0. The summed E-state index contributed by atoms with van der Waals surface area (Å²) in [6.45, 7) is 1.93. The van der Waals surface area contributed by atoms with Crippen LogP contribution in [0.5, 0.6) is 5.75 Å². The van der Waals surface area contributed by atoms with Crippen molar-refractivity contribution in [3.8, 4) is 5.75 Å². The highest BCUT2D eigenvalue weighted by Crippen LogP contribution is 2.28. The van der Waals surface area contributed by atoms with Gasteiger partial charge in [0, 0.05) is 5.56 Å². The van der Waals surface area contributed by atoms with Crippen LogP contribution < -0.4 is 16.0 Å². The van der Waals surface area contributed by atoms with E-state index in [1.54, 1.807) is 13.2 Å². The number of ether oxygens (including phenoxy) is 1. The number of nitrogens with two attached hydrogens (primary N) is 1. The van der Waals surface area contributed by atoms with Crippen molar-refractivity contribution >= 4 is 15.9 Å². The standard InChI is InChI=1S/C16H18BrFN2O/c1-10-3-5-14(18)12(7-10)15(20-19)9-11-4-6-16(21-2)13(17)8-11/h3-8,15,20H,9,19H2,1-2H3. The maximum absolute atomic E-state index is 14.0. The van der Waals surface area contributed by atoms with Gasteiger partial charge in [-0.2, -0.15) is 0 Å². The Kier molecular flexibility index (Phi) is 5.33. The van der Waals surface area contributed by atoms with Crippen LogP contribution in [0.1, 0.15) is 22.7 Å². The third-order valence-corrected chi connectivity index (χ3v) is 4.00. The molecule has 0 bridgehead atoms. The number of rotatable bonds is 5. The zero-order valence-corrected chi connectivity index (χ0v) is 13.6. The molecule has 0 amide bonds. The molecule has 0 saturated carbocycles. The Morgan fingerprint density at radius 2 is 2.05 bits per heavy atom. The highest BCUT2D eigenvalue weighted by atomic mass is 79.9. The molecule has 2 aromatic rings. The Bertz CT molecular complexity index is 634. The summed E-state index contributed by atoms with van der Waals surface area (Å²) in [5.74, 6) is 6.12. The Hall–Kier alpha value is -1.43. The highest BCUT2D eigenvalue weighted by Gasteiger charge is 2.16. The molecule has 0 spiro atoms. The monoisotopic (exact) mass is 352 g/mol. The summed E-state index contributed by atoms with van der Waals surface area (Å²) < 4.78 is 20.1. The molecular formula is C16H18BrFN2O. The van der Waals surface area contributed by atoms with Gasteiger partial charge >= 0.3 is 0 Å². The maximum Gasteiger partial charge on any atom is 0.133 e. The summed E-state index contributed by atoms with van der Waals surface area (Å²) in [6, 6.07) is 10.5. The van der Waals surface area contributed by atoms with Gasteiger partial charge in [0.25, 0.3) is 0 Å². The number of aryl methyl sites for hydroxylation is 1. The van der Waals surface area contributed by atoms with Gasteiger partial charge in [-0.05, 0) is 53.0 Å². The van der Waals surface area contributed by atoms with Crippen molar-refractivity contribution in [3.05, 3.63) is 63.4 Å². The van der Waals surface area contributed by atoms with Crippen LogP contribution in [-0.2, 0) is 6.42 Å². The maximum atomic E-state index is 14.0. The Morgan fingerprint density at radius 1 is 1.29 bits per heavy atom. The lowest BCUT2D eigenvalue weighted by Crippen LogP contribution is -2.30. The highest BCUT2D eigenvalue weighted by molar-refractivity contribution is 9.10. The molecule has 0 heterocycles. The molecule has 0 aliphatic rings. The van der Waals surface area contributed by atoms with E-state index in [1.807, 2.05) is 31.2 Å². The van der Waals surface area contributed by atoms with Gasteiger partial charge in [0.05, 0.1) is 17.6 Å². The molecule has 1 unspecified atom stereocenters. The van der Waals surface area contributed by atoms with Gasteiger partial charge in [0.15, 0.2) is 0 Å². The SMILES string of the molecule is COc1ccc(CC(NN)c2cc(C)ccc2F)cc1Br. The largest absolute Gasteiger partial charge is 0.496 e. The second kappa shape index (κ2) is 7.02. The summed E-state index contributed by atoms with van der Waals surface area (Å²) in [6.07, 6.45) is 0.583. The molecule has 0 aromatic heterocycles. The average molecular weight is 353 g/mol. The molecular weight excluding hydrogens is 335 g/mol. The van der Waals surface area contributed by atoms with Crippen molar-refractivity contribution in [3.63, 3.8) is 0 Å². The zero-order chi connectivity index (χ0) is 15.4. The molecule has 5 heteroatoms. The number of hydrogen-bond acceptors (Lipinski definition) is 3.